The maximum atomic E-state index is 13.1. The zero-order valence-electron chi connectivity index (χ0n) is 10.1. The minimum atomic E-state index is -1.51. The van der Waals surface area contributed by atoms with E-state index in [1.54, 1.807) is 6.07 Å². The van der Waals surface area contributed by atoms with Gasteiger partial charge in [-0.25, -0.2) is 13.2 Å². The van der Waals surface area contributed by atoms with E-state index in [1.807, 2.05) is 6.07 Å². The van der Waals surface area contributed by atoms with Crippen molar-refractivity contribution in [2.45, 2.75) is 6.54 Å². The lowest BCUT2D eigenvalue weighted by Crippen LogP contribution is -2.03. The number of nitrogens with one attached hydrogen (secondary N) is 1. The first-order valence-corrected chi connectivity index (χ1v) is 5.96. The number of nitriles is 1. The number of anilines is 1. The standard InChI is InChI=1S/C14H8ClF3N2/c15-10-2-1-9(6-19)13(5-10)20-7-8-3-11(16)14(18)12(17)4-8/h1-5,20H,7H2. The van der Waals surface area contributed by atoms with Gasteiger partial charge in [0, 0.05) is 11.6 Å². The van der Waals surface area contributed by atoms with E-state index in [4.69, 9.17) is 16.9 Å². The number of hydrogen-bond acceptors (Lipinski definition) is 2. The van der Waals surface area contributed by atoms with Gasteiger partial charge in [0.15, 0.2) is 17.5 Å². The van der Waals surface area contributed by atoms with Gasteiger partial charge in [0.1, 0.15) is 6.07 Å². The van der Waals surface area contributed by atoms with E-state index in [2.05, 4.69) is 5.32 Å². The maximum Gasteiger partial charge on any atom is 0.194 e. The second kappa shape index (κ2) is 5.85. The summed E-state index contributed by atoms with van der Waals surface area (Å²) in [4.78, 5) is 0. The highest BCUT2D eigenvalue weighted by molar-refractivity contribution is 6.30. The molecule has 0 aliphatic rings. The van der Waals surface area contributed by atoms with Crippen LogP contribution in [0.15, 0.2) is 30.3 Å². The predicted octanol–water partition coefficient (Wildman–Crippen LogP) is 4.24. The summed E-state index contributed by atoms with van der Waals surface area (Å²) >= 11 is 5.81. The molecular weight excluding hydrogens is 289 g/mol. The molecule has 0 radical (unpaired) electrons. The van der Waals surface area contributed by atoms with E-state index in [-0.39, 0.29) is 12.1 Å². The summed E-state index contributed by atoms with van der Waals surface area (Å²) in [6, 6.07) is 8.35. The van der Waals surface area contributed by atoms with Gasteiger partial charge in [-0.3, -0.25) is 0 Å². The van der Waals surface area contributed by atoms with Crippen molar-refractivity contribution in [2.24, 2.45) is 0 Å². The molecule has 0 aliphatic heterocycles. The first kappa shape index (κ1) is 14.2. The minimum Gasteiger partial charge on any atom is -0.380 e. The Balaban J connectivity index is 2.21. The zero-order chi connectivity index (χ0) is 14.7. The Labute approximate surface area is 118 Å². The first-order valence-electron chi connectivity index (χ1n) is 5.58. The van der Waals surface area contributed by atoms with E-state index in [9.17, 15) is 13.2 Å². The van der Waals surface area contributed by atoms with Crippen LogP contribution < -0.4 is 5.32 Å². The van der Waals surface area contributed by atoms with Gasteiger partial charge >= 0.3 is 0 Å². The fourth-order valence-electron chi connectivity index (χ4n) is 1.67. The second-order valence-electron chi connectivity index (χ2n) is 4.03. The van der Waals surface area contributed by atoms with Gasteiger partial charge in [0.05, 0.1) is 11.3 Å². The number of rotatable bonds is 3. The summed E-state index contributed by atoms with van der Waals surface area (Å²) < 4.78 is 38.9. The van der Waals surface area contributed by atoms with Gasteiger partial charge in [-0.2, -0.15) is 5.26 Å². The van der Waals surface area contributed by atoms with E-state index >= 15 is 0 Å². The molecule has 0 fully saturated rings. The van der Waals surface area contributed by atoms with Crippen LogP contribution in [-0.4, -0.2) is 0 Å². The summed E-state index contributed by atoms with van der Waals surface area (Å²) in [5.74, 6) is -4.02. The highest BCUT2D eigenvalue weighted by Crippen LogP contribution is 2.21. The molecule has 6 heteroatoms. The van der Waals surface area contributed by atoms with Gasteiger partial charge in [-0.15, -0.1) is 0 Å². The highest BCUT2D eigenvalue weighted by Gasteiger charge is 2.11. The van der Waals surface area contributed by atoms with Crippen molar-refractivity contribution in [3.63, 3.8) is 0 Å². The largest absolute Gasteiger partial charge is 0.380 e. The molecule has 2 aromatic carbocycles. The maximum absolute atomic E-state index is 13.1. The van der Waals surface area contributed by atoms with E-state index < -0.39 is 17.5 Å². The number of hydrogen-bond donors (Lipinski definition) is 1. The summed E-state index contributed by atoms with van der Waals surface area (Å²) in [5.41, 5.74) is 0.993. The molecule has 2 aromatic rings. The van der Waals surface area contributed by atoms with Crippen LogP contribution in [0.5, 0.6) is 0 Å². The molecule has 2 nitrogen and oxygen atoms in total. The predicted molar refractivity (Wildman–Crippen MR) is 69.8 cm³/mol. The Morgan fingerprint density at radius 2 is 1.75 bits per heavy atom. The summed E-state index contributed by atoms with van der Waals surface area (Å²) in [5, 5.41) is 12.2. The van der Waals surface area contributed by atoms with Crippen LogP contribution >= 0.6 is 11.6 Å². The quantitative estimate of drug-likeness (QED) is 0.860. The van der Waals surface area contributed by atoms with Crippen molar-refractivity contribution < 1.29 is 13.2 Å². The van der Waals surface area contributed by atoms with Crippen LogP contribution in [0.25, 0.3) is 0 Å². The third kappa shape index (κ3) is 3.03. The molecule has 0 amide bonds. The van der Waals surface area contributed by atoms with Gasteiger partial charge in [-0.05, 0) is 35.9 Å². The van der Waals surface area contributed by atoms with E-state index in [0.29, 0.717) is 16.3 Å². The van der Waals surface area contributed by atoms with Crippen molar-refractivity contribution in [1.82, 2.24) is 0 Å². The third-order valence-corrected chi connectivity index (χ3v) is 2.86. The summed E-state index contributed by atoms with van der Waals surface area (Å²) in [7, 11) is 0. The topological polar surface area (TPSA) is 35.8 Å². The molecule has 102 valence electrons. The van der Waals surface area contributed by atoms with Gasteiger partial charge in [-0.1, -0.05) is 11.6 Å². The molecule has 20 heavy (non-hydrogen) atoms. The number of nitrogens with zero attached hydrogens (tertiary/aromatic N) is 1. The Morgan fingerprint density at radius 1 is 1.10 bits per heavy atom. The van der Waals surface area contributed by atoms with Gasteiger partial charge in [0.25, 0.3) is 0 Å². The molecule has 1 N–H and O–H groups in total. The van der Waals surface area contributed by atoms with Crippen molar-refractivity contribution in [3.8, 4) is 6.07 Å². The van der Waals surface area contributed by atoms with Gasteiger partial charge < -0.3 is 5.32 Å². The Kier molecular flexibility index (Phi) is 4.16. The molecule has 0 saturated heterocycles. The molecular formula is C14H8ClF3N2. The smallest absolute Gasteiger partial charge is 0.194 e. The van der Waals surface area contributed by atoms with Crippen LogP contribution in [-0.2, 0) is 6.54 Å². The summed E-state index contributed by atoms with van der Waals surface area (Å²) in [6.07, 6.45) is 0. The lowest BCUT2D eigenvalue weighted by atomic mass is 10.1. The fourth-order valence-corrected chi connectivity index (χ4v) is 1.84. The van der Waals surface area contributed by atoms with Crippen molar-refractivity contribution >= 4 is 17.3 Å². The van der Waals surface area contributed by atoms with Gasteiger partial charge in [0.2, 0.25) is 0 Å². The van der Waals surface area contributed by atoms with Crippen LogP contribution in [0.1, 0.15) is 11.1 Å². The highest BCUT2D eigenvalue weighted by atomic mass is 35.5. The average molecular weight is 297 g/mol. The Hall–Kier alpha value is -2.19. The summed E-state index contributed by atoms with van der Waals surface area (Å²) in [6.45, 7) is 0.0309. The van der Waals surface area contributed by atoms with Crippen LogP contribution in [0.4, 0.5) is 18.9 Å². The lowest BCUT2D eigenvalue weighted by molar-refractivity contribution is 0.445. The van der Waals surface area contributed by atoms with Crippen LogP contribution in [0.2, 0.25) is 5.02 Å². The molecule has 0 aliphatic carbocycles. The third-order valence-electron chi connectivity index (χ3n) is 2.63. The molecule has 0 spiro atoms. The van der Waals surface area contributed by atoms with E-state index in [1.165, 1.54) is 12.1 Å². The molecule has 0 aromatic heterocycles. The van der Waals surface area contributed by atoms with Crippen molar-refractivity contribution in [2.75, 3.05) is 5.32 Å². The van der Waals surface area contributed by atoms with Crippen LogP contribution in [0.3, 0.4) is 0 Å². The SMILES string of the molecule is N#Cc1ccc(Cl)cc1NCc1cc(F)c(F)c(F)c1. The number of benzene rings is 2. The fraction of sp³-hybridized carbons (Fsp3) is 0.0714. The average Bonchev–Trinajstić information content (AvgIpc) is 2.42. The number of halogens is 4. The Morgan fingerprint density at radius 3 is 2.35 bits per heavy atom. The van der Waals surface area contributed by atoms with Crippen LogP contribution in [0, 0.1) is 28.8 Å². The Bertz CT molecular complexity index is 672. The second-order valence-corrected chi connectivity index (χ2v) is 4.47. The zero-order valence-corrected chi connectivity index (χ0v) is 10.8. The minimum absolute atomic E-state index is 0.0309. The molecule has 0 heterocycles. The molecule has 0 atom stereocenters. The van der Waals surface area contributed by atoms with E-state index in [0.717, 1.165) is 12.1 Å². The van der Waals surface area contributed by atoms with Crippen molar-refractivity contribution in [3.05, 3.63) is 63.9 Å². The lowest BCUT2D eigenvalue weighted by Gasteiger charge is -2.09. The monoisotopic (exact) mass is 296 g/mol. The molecule has 0 bridgehead atoms. The normalized spacial score (nSPS) is 10.2. The molecule has 2 rings (SSSR count). The molecule has 0 unspecified atom stereocenters. The molecule has 0 saturated carbocycles. The van der Waals surface area contributed by atoms with Crippen molar-refractivity contribution in [1.29, 1.82) is 5.26 Å². The first-order chi connectivity index (χ1) is 9.51.